The summed E-state index contributed by atoms with van der Waals surface area (Å²) in [5.74, 6) is 1.39. The van der Waals surface area contributed by atoms with Gasteiger partial charge in [-0.05, 0) is 44.0 Å². The standard InChI is InChI=1S/C27H29N5O3/c1-5-7-13-21-22(18-11-9-8-10-12-18)31(19-14-16-20(17-15-19)35-6-2)26-28-24-23(32(21)26)25(33)30(4)27(34)29(24)3/h8-12,14-17H,5-7,13H2,1-4H3. The number of hydrogen-bond donors (Lipinski definition) is 0. The number of benzene rings is 2. The number of fused-ring (bicyclic) bond motifs is 3. The summed E-state index contributed by atoms with van der Waals surface area (Å²) in [5, 5.41) is 0. The van der Waals surface area contributed by atoms with Crippen molar-refractivity contribution >= 4 is 16.9 Å². The van der Waals surface area contributed by atoms with Gasteiger partial charge in [0.2, 0.25) is 5.78 Å². The Hall–Kier alpha value is -4.07. The molecule has 0 saturated carbocycles. The molecule has 5 aromatic rings. The van der Waals surface area contributed by atoms with Crippen molar-refractivity contribution in [1.82, 2.24) is 23.1 Å². The second-order valence-corrected chi connectivity index (χ2v) is 8.65. The number of hydrogen-bond acceptors (Lipinski definition) is 4. The summed E-state index contributed by atoms with van der Waals surface area (Å²) in [4.78, 5) is 30.9. The van der Waals surface area contributed by atoms with Crippen LogP contribution in [-0.4, -0.2) is 29.7 Å². The molecule has 0 saturated heterocycles. The zero-order valence-corrected chi connectivity index (χ0v) is 20.5. The number of ether oxygens (including phenoxy) is 1. The van der Waals surface area contributed by atoms with E-state index in [1.54, 1.807) is 7.05 Å². The van der Waals surface area contributed by atoms with Gasteiger partial charge in [0.15, 0.2) is 11.2 Å². The molecule has 3 heterocycles. The highest BCUT2D eigenvalue weighted by Gasteiger charge is 2.26. The molecule has 180 valence electrons. The van der Waals surface area contributed by atoms with Crippen molar-refractivity contribution in [2.75, 3.05) is 6.61 Å². The third-order valence-corrected chi connectivity index (χ3v) is 6.43. The fourth-order valence-electron chi connectivity index (χ4n) is 4.69. The van der Waals surface area contributed by atoms with Gasteiger partial charge in [-0.25, -0.2) is 4.79 Å². The van der Waals surface area contributed by atoms with E-state index < -0.39 is 5.69 Å². The predicted octanol–water partition coefficient (Wildman–Crippen LogP) is 4.08. The quantitative estimate of drug-likeness (QED) is 0.358. The molecule has 0 fully saturated rings. The van der Waals surface area contributed by atoms with E-state index in [-0.39, 0.29) is 5.56 Å². The van der Waals surface area contributed by atoms with Crippen LogP contribution in [0.25, 0.3) is 33.9 Å². The van der Waals surface area contributed by atoms with Crippen LogP contribution in [0.4, 0.5) is 0 Å². The monoisotopic (exact) mass is 471 g/mol. The van der Waals surface area contributed by atoms with Gasteiger partial charge in [0.25, 0.3) is 5.56 Å². The largest absolute Gasteiger partial charge is 0.494 e. The second kappa shape index (κ2) is 8.94. The minimum absolute atomic E-state index is 0.350. The zero-order chi connectivity index (χ0) is 24.7. The molecule has 0 N–H and O–H groups in total. The number of aryl methyl sites for hydroxylation is 2. The average Bonchev–Trinajstić information content (AvgIpc) is 3.41. The number of imidazole rings is 2. The maximum absolute atomic E-state index is 13.4. The third-order valence-electron chi connectivity index (χ3n) is 6.43. The van der Waals surface area contributed by atoms with E-state index in [9.17, 15) is 9.59 Å². The molecular formula is C27H29N5O3. The van der Waals surface area contributed by atoms with Crippen molar-refractivity contribution in [3.8, 4) is 22.7 Å². The van der Waals surface area contributed by atoms with Gasteiger partial charge in [-0.1, -0.05) is 43.7 Å². The minimum atomic E-state index is -0.394. The lowest BCUT2D eigenvalue weighted by Gasteiger charge is -2.13. The molecule has 0 atom stereocenters. The topological polar surface area (TPSA) is 75.5 Å². The smallest absolute Gasteiger partial charge is 0.332 e. The number of aromatic nitrogens is 5. The highest BCUT2D eigenvalue weighted by molar-refractivity contribution is 5.81. The third kappa shape index (κ3) is 3.56. The van der Waals surface area contributed by atoms with E-state index in [1.807, 2.05) is 53.8 Å². The SMILES string of the molecule is CCCCc1c(-c2ccccc2)n(-c2ccc(OCC)cc2)c2nc3c(c(=O)n(C)c(=O)n3C)n12. The molecule has 8 heteroatoms. The van der Waals surface area contributed by atoms with Crippen LogP contribution in [0, 0.1) is 0 Å². The van der Waals surface area contributed by atoms with Crippen LogP contribution in [0.3, 0.4) is 0 Å². The van der Waals surface area contributed by atoms with Crippen LogP contribution in [0.1, 0.15) is 32.4 Å². The van der Waals surface area contributed by atoms with E-state index in [0.717, 1.165) is 52.2 Å². The molecule has 0 aliphatic rings. The average molecular weight is 472 g/mol. The van der Waals surface area contributed by atoms with E-state index in [1.165, 1.54) is 11.6 Å². The van der Waals surface area contributed by atoms with Crippen molar-refractivity contribution in [3.63, 3.8) is 0 Å². The molecule has 0 aliphatic carbocycles. The number of nitrogens with zero attached hydrogens (tertiary/aromatic N) is 5. The van der Waals surface area contributed by atoms with Crippen LogP contribution in [0.15, 0.2) is 64.2 Å². The molecule has 8 nitrogen and oxygen atoms in total. The lowest BCUT2D eigenvalue weighted by Crippen LogP contribution is -2.37. The first kappa shape index (κ1) is 22.7. The molecule has 0 unspecified atom stereocenters. The number of unbranched alkanes of at least 4 members (excludes halogenated alkanes) is 1. The van der Waals surface area contributed by atoms with Gasteiger partial charge >= 0.3 is 5.69 Å². The fourth-order valence-corrected chi connectivity index (χ4v) is 4.69. The normalized spacial score (nSPS) is 11.5. The summed E-state index contributed by atoms with van der Waals surface area (Å²) in [6.07, 6.45) is 2.72. The van der Waals surface area contributed by atoms with Crippen LogP contribution in [-0.2, 0) is 20.5 Å². The van der Waals surface area contributed by atoms with E-state index >= 15 is 0 Å². The molecule has 0 bridgehead atoms. The van der Waals surface area contributed by atoms with Gasteiger partial charge in [-0.2, -0.15) is 4.98 Å². The van der Waals surface area contributed by atoms with Crippen molar-refractivity contribution in [3.05, 3.63) is 81.1 Å². The summed E-state index contributed by atoms with van der Waals surface area (Å²) < 4.78 is 12.3. The molecule has 0 amide bonds. The van der Waals surface area contributed by atoms with Gasteiger partial charge < -0.3 is 4.74 Å². The highest BCUT2D eigenvalue weighted by Crippen LogP contribution is 2.34. The highest BCUT2D eigenvalue weighted by atomic mass is 16.5. The Labute approximate surface area is 202 Å². The van der Waals surface area contributed by atoms with Gasteiger partial charge in [-0.3, -0.25) is 22.9 Å². The van der Waals surface area contributed by atoms with Gasteiger partial charge in [-0.15, -0.1) is 0 Å². The molecule has 35 heavy (non-hydrogen) atoms. The Morgan fingerprint density at radius 3 is 2.29 bits per heavy atom. The van der Waals surface area contributed by atoms with Crippen molar-refractivity contribution in [2.24, 2.45) is 14.1 Å². The number of rotatable bonds is 7. The summed E-state index contributed by atoms with van der Waals surface area (Å²) in [6.45, 7) is 4.70. The summed E-state index contributed by atoms with van der Waals surface area (Å²) in [5.41, 5.74) is 3.97. The van der Waals surface area contributed by atoms with Crippen LogP contribution in [0.2, 0.25) is 0 Å². The maximum Gasteiger partial charge on any atom is 0.332 e. The van der Waals surface area contributed by atoms with Crippen LogP contribution < -0.4 is 16.0 Å². The molecule has 2 aromatic carbocycles. The molecule has 0 spiro atoms. The summed E-state index contributed by atoms with van der Waals surface area (Å²) >= 11 is 0. The first-order valence-electron chi connectivity index (χ1n) is 12.0. The Kier molecular flexibility index (Phi) is 5.80. The van der Waals surface area contributed by atoms with Gasteiger partial charge in [0.05, 0.1) is 18.0 Å². The van der Waals surface area contributed by atoms with E-state index in [2.05, 4.69) is 23.6 Å². The second-order valence-electron chi connectivity index (χ2n) is 8.65. The first-order valence-corrected chi connectivity index (χ1v) is 12.0. The summed E-state index contributed by atoms with van der Waals surface area (Å²) in [6, 6.07) is 18.0. The van der Waals surface area contributed by atoms with Gasteiger partial charge in [0, 0.05) is 25.3 Å². The van der Waals surface area contributed by atoms with Crippen LogP contribution in [0.5, 0.6) is 5.75 Å². The summed E-state index contributed by atoms with van der Waals surface area (Å²) in [7, 11) is 3.17. The molecular weight excluding hydrogens is 442 g/mol. The Balaban J connectivity index is 1.96. The Morgan fingerprint density at radius 1 is 0.914 bits per heavy atom. The Bertz CT molecular complexity index is 1640. The van der Waals surface area contributed by atoms with Crippen molar-refractivity contribution in [1.29, 1.82) is 0 Å². The molecule has 3 aromatic heterocycles. The van der Waals surface area contributed by atoms with E-state index in [0.29, 0.717) is 23.5 Å². The molecule has 0 aliphatic heterocycles. The minimum Gasteiger partial charge on any atom is -0.494 e. The van der Waals surface area contributed by atoms with Crippen molar-refractivity contribution in [2.45, 2.75) is 33.1 Å². The van der Waals surface area contributed by atoms with Crippen LogP contribution >= 0.6 is 0 Å². The van der Waals surface area contributed by atoms with E-state index in [4.69, 9.17) is 9.72 Å². The maximum atomic E-state index is 13.4. The van der Waals surface area contributed by atoms with Gasteiger partial charge in [0.1, 0.15) is 5.75 Å². The Morgan fingerprint density at radius 2 is 1.63 bits per heavy atom. The first-order chi connectivity index (χ1) is 17.0. The van der Waals surface area contributed by atoms with Crippen molar-refractivity contribution < 1.29 is 4.74 Å². The predicted molar refractivity (Wildman–Crippen MR) is 138 cm³/mol. The zero-order valence-electron chi connectivity index (χ0n) is 20.5. The lowest BCUT2D eigenvalue weighted by atomic mass is 10.1. The fraction of sp³-hybridized carbons (Fsp3) is 0.296. The lowest BCUT2D eigenvalue weighted by molar-refractivity contribution is 0.340. The molecule has 5 rings (SSSR count). The molecule has 0 radical (unpaired) electrons.